The fraction of sp³-hybridized carbons (Fsp3) is 0.688. The Balaban J connectivity index is 1.27. The number of anilines is 1. The molecule has 1 aromatic heterocycles. The van der Waals surface area contributed by atoms with E-state index in [1.54, 1.807) is 10.9 Å². The van der Waals surface area contributed by atoms with Crippen molar-refractivity contribution in [2.45, 2.75) is 0 Å². The molecule has 5 rings (SSSR count). The van der Waals surface area contributed by atoms with Crippen LogP contribution in [0.1, 0.15) is 0 Å². The van der Waals surface area contributed by atoms with Crippen LogP contribution >= 0.6 is 0 Å². The largest absolute Gasteiger partial charge is 0.381 e. The zero-order valence-electron chi connectivity index (χ0n) is 13.1. The lowest BCUT2D eigenvalue weighted by Gasteiger charge is -2.21. The van der Waals surface area contributed by atoms with Crippen molar-refractivity contribution in [1.29, 1.82) is 0 Å². The summed E-state index contributed by atoms with van der Waals surface area (Å²) in [5.74, 6) is 1.62. The van der Waals surface area contributed by atoms with Crippen LogP contribution in [0, 0.1) is 29.6 Å². The maximum atomic E-state index is 12.7. The third kappa shape index (κ3) is 1.89. The number of likely N-dealkylation sites (tertiary alicyclic amines) is 1. The normalized spacial score (nSPS) is 38.1. The van der Waals surface area contributed by atoms with Crippen molar-refractivity contribution < 1.29 is 14.3 Å². The number of amides is 2. The molecule has 4 aliphatic rings. The van der Waals surface area contributed by atoms with Crippen molar-refractivity contribution in [2.75, 3.05) is 37.7 Å². The molecule has 7 nitrogen and oxygen atoms in total. The number of hydrogen-bond donors (Lipinski definition) is 0. The molecule has 1 saturated carbocycles. The van der Waals surface area contributed by atoms with Gasteiger partial charge in [0.15, 0.2) is 0 Å². The van der Waals surface area contributed by atoms with Gasteiger partial charge < -0.3 is 14.5 Å². The zero-order chi connectivity index (χ0) is 15.7. The number of fused-ring (bicyclic) bond motifs is 2. The predicted molar refractivity (Wildman–Crippen MR) is 80.4 cm³/mol. The molecule has 2 amide bonds. The van der Waals surface area contributed by atoms with E-state index >= 15 is 0 Å². The Morgan fingerprint density at radius 3 is 2.70 bits per heavy atom. The first-order valence-electron chi connectivity index (χ1n) is 8.30. The molecule has 7 heteroatoms. The summed E-state index contributed by atoms with van der Waals surface area (Å²) in [6, 6.07) is 0. The summed E-state index contributed by atoms with van der Waals surface area (Å²) in [5, 5.41) is 4.14. The molecule has 0 N–H and O–H groups in total. The summed E-state index contributed by atoms with van der Waals surface area (Å²) >= 11 is 0. The summed E-state index contributed by atoms with van der Waals surface area (Å²) in [4.78, 5) is 29.1. The van der Waals surface area contributed by atoms with E-state index in [4.69, 9.17) is 4.74 Å². The second-order valence-corrected chi connectivity index (χ2v) is 7.32. The summed E-state index contributed by atoms with van der Waals surface area (Å²) in [5.41, 5.74) is 0.860. The Morgan fingerprint density at radius 1 is 1.26 bits per heavy atom. The number of carbonyl (C=O) groups excluding carboxylic acids is 2. The molecule has 4 heterocycles. The highest BCUT2D eigenvalue weighted by Crippen LogP contribution is 2.52. The minimum atomic E-state index is -0.0472. The van der Waals surface area contributed by atoms with Crippen molar-refractivity contribution in [3.05, 3.63) is 12.4 Å². The molecule has 5 atom stereocenters. The lowest BCUT2D eigenvalue weighted by Crippen LogP contribution is -2.37. The first-order valence-corrected chi connectivity index (χ1v) is 8.30. The lowest BCUT2D eigenvalue weighted by atomic mass is 10.0. The van der Waals surface area contributed by atoms with Crippen LogP contribution in [0.2, 0.25) is 0 Å². The van der Waals surface area contributed by atoms with E-state index in [-0.39, 0.29) is 29.6 Å². The van der Waals surface area contributed by atoms with Crippen LogP contribution in [0.25, 0.3) is 0 Å². The highest BCUT2D eigenvalue weighted by atomic mass is 16.5. The Morgan fingerprint density at radius 2 is 2.04 bits per heavy atom. The summed E-state index contributed by atoms with van der Waals surface area (Å²) < 4.78 is 7.08. The van der Waals surface area contributed by atoms with Crippen LogP contribution in [0.3, 0.4) is 0 Å². The van der Waals surface area contributed by atoms with Crippen LogP contribution in [0.4, 0.5) is 5.69 Å². The number of aryl methyl sites for hydroxylation is 1. The van der Waals surface area contributed by atoms with Crippen molar-refractivity contribution >= 4 is 17.5 Å². The molecule has 0 spiro atoms. The van der Waals surface area contributed by atoms with Crippen LogP contribution in [-0.4, -0.2) is 59.3 Å². The Kier molecular flexibility index (Phi) is 2.69. The lowest BCUT2D eigenvalue weighted by molar-refractivity contribution is -0.133. The molecule has 0 aromatic carbocycles. The monoisotopic (exact) mass is 316 g/mol. The fourth-order valence-corrected chi connectivity index (χ4v) is 4.64. The van der Waals surface area contributed by atoms with Gasteiger partial charge in [-0.3, -0.25) is 14.3 Å². The van der Waals surface area contributed by atoms with Crippen LogP contribution in [-0.2, 0) is 21.4 Å². The third-order valence-electron chi connectivity index (χ3n) is 5.99. The number of carbonyl (C=O) groups is 2. The van der Waals surface area contributed by atoms with Crippen molar-refractivity contribution in [2.24, 2.45) is 36.6 Å². The molecule has 4 fully saturated rings. The van der Waals surface area contributed by atoms with Crippen LogP contribution in [0.5, 0.6) is 0 Å². The molecule has 3 aliphatic heterocycles. The standard InChI is InChI=1S/C16H20N4O3/c1-18-5-10(2-17-18)20-4-9-3-19(6-11(9)15(20)21)16(22)14-12-7-23-8-13(12)14/h2,5,9,11-14H,3-4,6-8H2,1H3/t9-,11-,12-,13+,14?/m0/s1. The molecule has 1 aromatic rings. The highest BCUT2D eigenvalue weighted by Gasteiger charge is 2.60. The molecule has 3 saturated heterocycles. The quantitative estimate of drug-likeness (QED) is 0.753. The average molecular weight is 316 g/mol. The number of nitrogens with zero attached hydrogens (tertiary/aromatic N) is 4. The molecule has 1 unspecified atom stereocenters. The van der Waals surface area contributed by atoms with Gasteiger partial charge >= 0.3 is 0 Å². The second-order valence-electron chi connectivity index (χ2n) is 7.32. The van der Waals surface area contributed by atoms with E-state index in [0.29, 0.717) is 31.5 Å². The number of ether oxygens (including phenoxy) is 1. The number of rotatable bonds is 2. The van der Waals surface area contributed by atoms with E-state index in [9.17, 15) is 9.59 Å². The maximum absolute atomic E-state index is 12.7. The van der Waals surface area contributed by atoms with E-state index in [1.807, 2.05) is 23.0 Å². The van der Waals surface area contributed by atoms with E-state index in [1.165, 1.54) is 0 Å². The number of hydrogen-bond acceptors (Lipinski definition) is 4. The van der Waals surface area contributed by atoms with Gasteiger partial charge in [-0.15, -0.1) is 0 Å². The maximum Gasteiger partial charge on any atom is 0.232 e. The van der Waals surface area contributed by atoms with Gasteiger partial charge in [0, 0.05) is 44.7 Å². The summed E-state index contributed by atoms with van der Waals surface area (Å²) in [6.45, 7) is 3.45. The van der Waals surface area contributed by atoms with Gasteiger partial charge in [-0.05, 0) is 11.8 Å². The molecular formula is C16H20N4O3. The third-order valence-corrected chi connectivity index (χ3v) is 5.99. The molecule has 23 heavy (non-hydrogen) atoms. The van der Waals surface area contributed by atoms with Crippen molar-refractivity contribution in [3.63, 3.8) is 0 Å². The van der Waals surface area contributed by atoms with Crippen molar-refractivity contribution in [3.8, 4) is 0 Å². The average Bonchev–Trinajstić information content (AvgIpc) is 3.05. The van der Waals surface area contributed by atoms with Gasteiger partial charge in [-0.1, -0.05) is 0 Å². The summed E-state index contributed by atoms with van der Waals surface area (Å²) in [7, 11) is 1.85. The molecule has 1 aliphatic carbocycles. The van der Waals surface area contributed by atoms with Gasteiger partial charge in [0.1, 0.15) is 0 Å². The minimum Gasteiger partial charge on any atom is -0.381 e. The highest BCUT2D eigenvalue weighted by molar-refractivity contribution is 5.98. The van der Waals surface area contributed by atoms with E-state index in [0.717, 1.165) is 18.9 Å². The zero-order valence-corrected chi connectivity index (χ0v) is 13.1. The van der Waals surface area contributed by atoms with Gasteiger partial charge in [-0.2, -0.15) is 5.10 Å². The first kappa shape index (κ1) is 13.5. The van der Waals surface area contributed by atoms with E-state index in [2.05, 4.69) is 5.10 Å². The van der Waals surface area contributed by atoms with Crippen LogP contribution < -0.4 is 4.90 Å². The van der Waals surface area contributed by atoms with Gasteiger partial charge in [-0.25, -0.2) is 0 Å². The summed E-state index contributed by atoms with van der Waals surface area (Å²) in [6.07, 6.45) is 3.60. The Labute approximate surface area is 134 Å². The minimum absolute atomic E-state index is 0.0472. The Bertz CT molecular complexity index is 677. The molecule has 122 valence electrons. The molecule has 0 bridgehead atoms. The van der Waals surface area contributed by atoms with Crippen molar-refractivity contribution in [1.82, 2.24) is 14.7 Å². The van der Waals surface area contributed by atoms with Gasteiger partial charge in [0.05, 0.1) is 31.0 Å². The van der Waals surface area contributed by atoms with Gasteiger partial charge in [0.2, 0.25) is 11.8 Å². The topological polar surface area (TPSA) is 67.7 Å². The smallest absolute Gasteiger partial charge is 0.232 e. The second kappa shape index (κ2) is 4.56. The van der Waals surface area contributed by atoms with Crippen LogP contribution in [0.15, 0.2) is 12.4 Å². The fourth-order valence-electron chi connectivity index (χ4n) is 4.64. The SMILES string of the molecule is Cn1cc(N2C[C@@H]3CN(C(=O)C4[C@H]5COC[C@@H]45)C[C@@H]3C2=O)cn1. The Hall–Kier alpha value is -1.89. The number of aromatic nitrogens is 2. The van der Waals surface area contributed by atoms with Gasteiger partial charge in [0.25, 0.3) is 0 Å². The molecular weight excluding hydrogens is 296 g/mol. The molecule has 0 radical (unpaired) electrons. The van der Waals surface area contributed by atoms with E-state index < -0.39 is 0 Å². The first-order chi connectivity index (χ1) is 11.1. The predicted octanol–water partition coefficient (Wildman–Crippen LogP) is -0.266.